The molecule has 0 heterocycles. The second kappa shape index (κ2) is 3.41. The highest BCUT2D eigenvalue weighted by molar-refractivity contribution is 5.98. The fourth-order valence-electron chi connectivity index (χ4n) is 0.927. The zero-order valence-corrected chi connectivity index (χ0v) is 6.88. The summed E-state index contributed by atoms with van der Waals surface area (Å²) in [6, 6.07) is 1.08. The molecule has 4 nitrogen and oxygen atoms in total. The van der Waals surface area contributed by atoms with Crippen LogP contribution in [0.25, 0.3) is 0 Å². The first-order valence-corrected chi connectivity index (χ1v) is 3.52. The Labute approximate surface area is 77.5 Å². The van der Waals surface area contributed by atoms with Crippen LogP contribution in [0.3, 0.4) is 0 Å². The molecule has 0 saturated carbocycles. The van der Waals surface area contributed by atoms with Crippen molar-refractivity contribution < 1.29 is 18.4 Å². The van der Waals surface area contributed by atoms with Crippen LogP contribution >= 0.6 is 0 Å². The van der Waals surface area contributed by atoms with E-state index in [1.165, 1.54) is 0 Å². The maximum absolute atomic E-state index is 12.9. The lowest BCUT2D eigenvalue weighted by molar-refractivity contribution is 0.0996. The first-order chi connectivity index (χ1) is 6.43. The van der Waals surface area contributed by atoms with E-state index in [-0.39, 0.29) is 0 Å². The van der Waals surface area contributed by atoms with Gasteiger partial charge in [0.2, 0.25) is 0 Å². The summed E-state index contributed by atoms with van der Waals surface area (Å²) in [6.45, 7) is 0. The molecule has 1 aromatic rings. The molecule has 74 valence electrons. The van der Waals surface area contributed by atoms with Gasteiger partial charge in [0.25, 0.3) is 11.8 Å². The fraction of sp³-hybridized carbons (Fsp3) is 0. The lowest BCUT2D eigenvalue weighted by Crippen LogP contribution is -2.18. The molecule has 0 aromatic heterocycles. The van der Waals surface area contributed by atoms with Crippen molar-refractivity contribution in [3.05, 3.63) is 34.9 Å². The average molecular weight is 200 g/mol. The summed E-state index contributed by atoms with van der Waals surface area (Å²) >= 11 is 0. The molecule has 1 aromatic carbocycles. The number of hydrogen-bond donors (Lipinski definition) is 2. The number of nitrogens with two attached hydrogens (primary N) is 2. The van der Waals surface area contributed by atoms with E-state index >= 15 is 0 Å². The Morgan fingerprint density at radius 1 is 0.929 bits per heavy atom. The van der Waals surface area contributed by atoms with Crippen LogP contribution in [0, 0.1) is 11.6 Å². The Bertz CT molecular complexity index is 383. The van der Waals surface area contributed by atoms with Crippen LogP contribution in [0.2, 0.25) is 0 Å². The van der Waals surface area contributed by atoms with Gasteiger partial charge in [-0.1, -0.05) is 0 Å². The third-order valence-electron chi connectivity index (χ3n) is 1.59. The maximum atomic E-state index is 12.9. The number of amides is 2. The van der Waals surface area contributed by atoms with Crippen molar-refractivity contribution in [2.45, 2.75) is 0 Å². The van der Waals surface area contributed by atoms with Gasteiger partial charge >= 0.3 is 0 Å². The monoisotopic (exact) mass is 200 g/mol. The van der Waals surface area contributed by atoms with Crippen LogP contribution in [-0.2, 0) is 0 Å². The predicted octanol–water partition coefficient (Wildman–Crippen LogP) is 0.163. The summed E-state index contributed by atoms with van der Waals surface area (Å²) in [5.74, 6) is -4.44. The van der Waals surface area contributed by atoms with Crippen LogP contribution in [0.15, 0.2) is 12.1 Å². The largest absolute Gasteiger partial charge is 0.366 e. The lowest BCUT2D eigenvalue weighted by atomic mass is 10.1. The Morgan fingerprint density at radius 3 is 1.57 bits per heavy atom. The van der Waals surface area contributed by atoms with Crippen molar-refractivity contribution in [2.24, 2.45) is 11.5 Å². The van der Waals surface area contributed by atoms with Gasteiger partial charge in [0, 0.05) is 6.07 Å². The van der Waals surface area contributed by atoms with Gasteiger partial charge in [-0.2, -0.15) is 0 Å². The molecule has 1 rings (SSSR count). The summed E-state index contributed by atoms with van der Waals surface area (Å²) < 4.78 is 25.7. The number of carbonyl (C=O) groups excluding carboxylic acids is 2. The standard InChI is InChI=1S/C8H6F2N2O2/c9-5-2-6(10)4(8(12)14)1-3(5)7(11)13/h1-2H,(H2,11,13)(H2,12,14). The number of rotatable bonds is 2. The van der Waals surface area contributed by atoms with Crippen molar-refractivity contribution in [3.63, 3.8) is 0 Å². The summed E-state index contributed by atoms with van der Waals surface area (Å²) in [4.78, 5) is 21.2. The second-order valence-electron chi connectivity index (χ2n) is 2.54. The van der Waals surface area contributed by atoms with Crippen LogP contribution in [0.4, 0.5) is 8.78 Å². The molecule has 6 heteroatoms. The van der Waals surface area contributed by atoms with E-state index < -0.39 is 34.6 Å². The van der Waals surface area contributed by atoms with Gasteiger partial charge in [-0.3, -0.25) is 9.59 Å². The van der Waals surface area contributed by atoms with Crippen molar-refractivity contribution in [1.82, 2.24) is 0 Å². The first kappa shape index (κ1) is 10.1. The Balaban J connectivity index is 3.42. The van der Waals surface area contributed by atoms with E-state index in [9.17, 15) is 18.4 Å². The van der Waals surface area contributed by atoms with Gasteiger partial charge in [-0.25, -0.2) is 8.78 Å². The van der Waals surface area contributed by atoms with Gasteiger partial charge in [0.15, 0.2) is 0 Å². The highest BCUT2D eigenvalue weighted by Gasteiger charge is 2.16. The fourth-order valence-corrected chi connectivity index (χ4v) is 0.927. The van der Waals surface area contributed by atoms with E-state index in [0.717, 1.165) is 0 Å². The zero-order chi connectivity index (χ0) is 10.9. The normalized spacial score (nSPS) is 9.86. The lowest BCUT2D eigenvalue weighted by Gasteiger charge is -2.02. The van der Waals surface area contributed by atoms with Crippen molar-refractivity contribution >= 4 is 11.8 Å². The van der Waals surface area contributed by atoms with E-state index in [4.69, 9.17) is 11.5 Å². The van der Waals surface area contributed by atoms with Crippen LogP contribution < -0.4 is 11.5 Å². The first-order valence-electron chi connectivity index (χ1n) is 3.52. The molecule has 0 aliphatic rings. The van der Waals surface area contributed by atoms with Crippen LogP contribution in [-0.4, -0.2) is 11.8 Å². The molecule has 0 fully saturated rings. The number of primary amides is 2. The number of halogens is 2. The van der Waals surface area contributed by atoms with E-state index in [1.54, 1.807) is 0 Å². The minimum atomic E-state index is -1.13. The molecule has 0 radical (unpaired) electrons. The van der Waals surface area contributed by atoms with Crippen molar-refractivity contribution in [3.8, 4) is 0 Å². The molecular weight excluding hydrogens is 194 g/mol. The Kier molecular flexibility index (Phi) is 2.46. The highest BCUT2D eigenvalue weighted by Crippen LogP contribution is 2.14. The topological polar surface area (TPSA) is 86.2 Å². The summed E-state index contributed by atoms with van der Waals surface area (Å²) in [7, 11) is 0. The second-order valence-corrected chi connectivity index (χ2v) is 2.54. The predicted molar refractivity (Wildman–Crippen MR) is 43.4 cm³/mol. The third-order valence-corrected chi connectivity index (χ3v) is 1.59. The van der Waals surface area contributed by atoms with Crippen molar-refractivity contribution in [2.75, 3.05) is 0 Å². The number of carbonyl (C=O) groups is 2. The Morgan fingerprint density at radius 2 is 1.29 bits per heavy atom. The van der Waals surface area contributed by atoms with Crippen LogP contribution in [0.5, 0.6) is 0 Å². The van der Waals surface area contributed by atoms with Gasteiger partial charge in [-0.05, 0) is 6.07 Å². The molecule has 0 bridgehead atoms. The molecule has 0 spiro atoms. The number of hydrogen-bond acceptors (Lipinski definition) is 2. The van der Waals surface area contributed by atoms with Gasteiger partial charge < -0.3 is 11.5 Å². The van der Waals surface area contributed by atoms with Gasteiger partial charge in [0.05, 0.1) is 11.1 Å². The molecule has 14 heavy (non-hydrogen) atoms. The molecule has 0 saturated heterocycles. The third kappa shape index (κ3) is 1.68. The van der Waals surface area contributed by atoms with E-state index in [0.29, 0.717) is 12.1 Å². The molecule has 4 N–H and O–H groups in total. The summed E-state index contributed by atoms with van der Waals surface area (Å²) in [5, 5.41) is 0. The average Bonchev–Trinajstić information content (AvgIpc) is 2.02. The van der Waals surface area contributed by atoms with Gasteiger partial charge in [0.1, 0.15) is 11.6 Å². The zero-order valence-electron chi connectivity index (χ0n) is 6.88. The SMILES string of the molecule is NC(=O)c1cc(C(N)=O)c(F)cc1F. The molecular formula is C8H6F2N2O2. The highest BCUT2D eigenvalue weighted by atomic mass is 19.1. The quantitative estimate of drug-likeness (QED) is 0.712. The molecule has 0 unspecified atom stereocenters. The molecule has 0 atom stereocenters. The van der Waals surface area contributed by atoms with Crippen molar-refractivity contribution in [1.29, 1.82) is 0 Å². The molecule has 2 amide bonds. The smallest absolute Gasteiger partial charge is 0.251 e. The number of benzene rings is 1. The Hall–Kier alpha value is -1.98. The molecule has 0 aliphatic heterocycles. The maximum Gasteiger partial charge on any atom is 0.251 e. The van der Waals surface area contributed by atoms with Crippen LogP contribution in [0.1, 0.15) is 20.7 Å². The van der Waals surface area contributed by atoms with E-state index in [2.05, 4.69) is 0 Å². The summed E-state index contributed by atoms with van der Waals surface area (Å²) in [6.07, 6.45) is 0. The van der Waals surface area contributed by atoms with E-state index in [1.807, 2.05) is 0 Å². The summed E-state index contributed by atoms with van der Waals surface area (Å²) in [5.41, 5.74) is 8.42. The minimum Gasteiger partial charge on any atom is -0.366 e. The minimum absolute atomic E-state index is 0.389. The molecule has 0 aliphatic carbocycles. The van der Waals surface area contributed by atoms with Gasteiger partial charge in [-0.15, -0.1) is 0 Å².